The number of ether oxygens (including phenoxy) is 1. The van der Waals surface area contributed by atoms with Crippen LogP contribution >= 0.6 is 11.6 Å². The van der Waals surface area contributed by atoms with E-state index in [0.717, 1.165) is 0 Å². The van der Waals surface area contributed by atoms with E-state index in [9.17, 15) is 19.2 Å². The number of anilines is 1. The molecule has 30 heavy (non-hydrogen) atoms. The third kappa shape index (κ3) is 3.58. The Balaban J connectivity index is 1.53. The molecule has 3 aromatic rings. The van der Waals surface area contributed by atoms with Gasteiger partial charge < -0.3 is 10.1 Å². The van der Waals surface area contributed by atoms with E-state index < -0.39 is 24.3 Å². The SMILES string of the molecule is O=C(COC(=O)c1cccc2c1C(=O)c1ccccc1C2=O)Nc1ccc(Cl)cn1. The van der Waals surface area contributed by atoms with Crippen LogP contribution < -0.4 is 5.32 Å². The molecule has 4 rings (SSSR count). The second kappa shape index (κ2) is 7.88. The molecule has 1 aliphatic carbocycles. The topological polar surface area (TPSA) is 102 Å². The molecule has 0 spiro atoms. The molecule has 0 aliphatic heterocycles. The molecule has 1 amide bonds. The fraction of sp³-hybridized carbons (Fsp3) is 0.0455. The van der Waals surface area contributed by atoms with Gasteiger partial charge in [-0.15, -0.1) is 0 Å². The maximum Gasteiger partial charge on any atom is 0.339 e. The van der Waals surface area contributed by atoms with Gasteiger partial charge in [0.25, 0.3) is 5.91 Å². The molecule has 1 heterocycles. The van der Waals surface area contributed by atoms with Gasteiger partial charge in [-0.3, -0.25) is 14.4 Å². The van der Waals surface area contributed by atoms with Gasteiger partial charge in [-0.2, -0.15) is 0 Å². The number of ketones is 2. The number of esters is 1. The normalized spacial score (nSPS) is 12.0. The Hall–Kier alpha value is -3.84. The summed E-state index contributed by atoms with van der Waals surface area (Å²) in [5.74, 6) is -2.04. The fourth-order valence-corrected chi connectivity index (χ4v) is 3.26. The van der Waals surface area contributed by atoms with Crippen LogP contribution in [0.5, 0.6) is 0 Å². The zero-order valence-electron chi connectivity index (χ0n) is 15.3. The molecule has 2 aromatic carbocycles. The Labute approximate surface area is 175 Å². The second-order valence-corrected chi connectivity index (χ2v) is 6.85. The summed E-state index contributed by atoms with van der Waals surface area (Å²) in [5, 5.41) is 2.87. The summed E-state index contributed by atoms with van der Waals surface area (Å²) < 4.78 is 5.06. The molecule has 1 aromatic heterocycles. The number of nitrogens with zero attached hydrogens (tertiary/aromatic N) is 1. The molecule has 0 saturated heterocycles. The summed E-state index contributed by atoms with van der Waals surface area (Å²) in [6, 6.07) is 13.8. The lowest BCUT2D eigenvalue weighted by molar-refractivity contribution is -0.119. The largest absolute Gasteiger partial charge is 0.452 e. The highest BCUT2D eigenvalue weighted by atomic mass is 35.5. The minimum absolute atomic E-state index is 0.0222. The lowest BCUT2D eigenvalue weighted by Crippen LogP contribution is -2.26. The predicted molar refractivity (Wildman–Crippen MR) is 108 cm³/mol. The molecule has 7 nitrogen and oxygen atoms in total. The molecule has 0 bridgehead atoms. The van der Waals surface area contributed by atoms with Crippen molar-refractivity contribution in [2.45, 2.75) is 0 Å². The van der Waals surface area contributed by atoms with Crippen LogP contribution in [0.25, 0.3) is 0 Å². The highest BCUT2D eigenvalue weighted by Crippen LogP contribution is 2.29. The Kier molecular flexibility index (Phi) is 5.12. The Morgan fingerprint density at radius 2 is 1.60 bits per heavy atom. The zero-order chi connectivity index (χ0) is 21.3. The van der Waals surface area contributed by atoms with Crippen molar-refractivity contribution in [1.29, 1.82) is 0 Å². The highest BCUT2D eigenvalue weighted by molar-refractivity contribution is 6.31. The van der Waals surface area contributed by atoms with Crippen molar-refractivity contribution in [2.75, 3.05) is 11.9 Å². The van der Waals surface area contributed by atoms with Crippen molar-refractivity contribution in [3.8, 4) is 0 Å². The summed E-state index contributed by atoms with van der Waals surface area (Å²) in [5.41, 5.74) is 0.545. The fourth-order valence-electron chi connectivity index (χ4n) is 3.15. The summed E-state index contributed by atoms with van der Waals surface area (Å²) in [6.45, 7) is -0.592. The lowest BCUT2D eigenvalue weighted by Gasteiger charge is -2.19. The summed E-state index contributed by atoms with van der Waals surface area (Å²) in [6.07, 6.45) is 1.36. The predicted octanol–water partition coefficient (Wildman–Crippen LogP) is 3.31. The number of carbonyl (C=O) groups is 4. The number of fused-ring (bicyclic) bond motifs is 2. The number of rotatable bonds is 4. The summed E-state index contributed by atoms with van der Waals surface area (Å²) in [7, 11) is 0. The average molecular weight is 421 g/mol. The lowest BCUT2D eigenvalue weighted by atomic mass is 9.82. The van der Waals surface area contributed by atoms with Crippen LogP contribution in [0.2, 0.25) is 5.02 Å². The van der Waals surface area contributed by atoms with Crippen molar-refractivity contribution in [3.63, 3.8) is 0 Å². The second-order valence-electron chi connectivity index (χ2n) is 6.42. The van der Waals surface area contributed by atoms with Gasteiger partial charge in [0.1, 0.15) is 5.82 Å². The smallest absolute Gasteiger partial charge is 0.339 e. The van der Waals surface area contributed by atoms with Gasteiger partial charge in [-0.05, 0) is 18.2 Å². The first-order valence-corrected chi connectivity index (χ1v) is 9.23. The molecule has 1 N–H and O–H groups in total. The van der Waals surface area contributed by atoms with E-state index in [1.165, 1.54) is 36.5 Å². The van der Waals surface area contributed by atoms with Crippen LogP contribution in [-0.4, -0.2) is 35.0 Å². The molecular weight excluding hydrogens is 408 g/mol. The molecule has 0 radical (unpaired) electrons. The third-order valence-corrected chi connectivity index (χ3v) is 4.73. The van der Waals surface area contributed by atoms with Gasteiger partial charge in [-0.25, -0.2) is 9.78 Å². The maximum absolute atomic E-state index is 12.9. The van der Waals surface area contributed by atoms with Crippen LogP contribution in [0.4, 0.5) is 5.82 Å². The molecule has 0 saturated carbocycles. The van der Waals surface area contributed by atoms with E-state index in [-0.39, 0.29) is 39.4 Å². The number of amides is 1. The number of hydrogen-bond acceptors (Lipinski definition) is 6. The Bertz CT molecular complexity index is 1200. The van der Waals surface area contributed by atoms with E-state index in [4.69, 9.17) is 16.3 Å². The number of carbonyl (C=O) groups excluding carboxylic acids is 4. The van der Waals surface area contributed by atoms with Crippen molar-refractivity contribution in [1.82, 2.24) is 4.98 Å². The number of halogens is 1. The van der Waals surface area contributed by atoms with E-state index in [1.54, 1.807) is 24.3 Å². The van der Waals surface area contributed by atoms with Crippen molar-refractivity contribution in [2.24, 2.45) is 0 Å². The van der Waals surface area contributed by atoms with Crippen LogP contribution in [0.15, 0.2) is 60.8 Å². The van der Waals surface area contributed by atoms with Crippen molar-refractivity contribution < 1.29 is 23.9 Å². The van der Waals surface area contributed by atoms with Gasteiger partial charge in [0, 0.05) is 28.5 Å². The van der Waals surface area contributed by atoms with Crippen LogP contribution in [0.1, 0.15) is 42.2 Å². The quantitative estimate of drug-likeness (QED) is 0.508. The monoisotopic (exact) mass is 420 g/mol. The molecule has 0 fully saturated rings. The molecular formula is C22H13ClN2O5. The number of pyridine rings is 1. The number of benzene rings is 2. The Morgan fingerprint density at radius 1 is 0.900 bits per heavy atom. The number of nitrogens with one attached hydrogen (secondary N) is 1. The molecule has 0 atom stereocenters. The molecule has 1 aliphatic rings. The number of aromatic nitrogens is 1. The van der Waals surface area contributed by atoms with Crippen molar-refractivity contribution in [3.05, 3.63) is 93.6 Å². The maximum atomic E-state index is 12.9. The Morgan fingerprint density at radius 3 is 2.30 bits per heavy atom. The van der Waals surface area contributed by atoms with E-state index in [0.29, 0.717) is 5.02 Å². The molecule has 148 valence electrons. The third-order valence-electron chi connectivity index (χ3n) is 4.50. The molecule has 0 unspecified atom stereocenters. The first-order valence-electron chi connectivity index (χ1n) is 8.85. The first-order chi connectivity index (χ1) is 14.5. The van der Waals surface area contributed by atoms with Crippen LogP contribution in [0, 0.1) is 0 Å². The minimum Gasteiger partial charge on any atom is -0.452 e. The van der Waals surface area contributed by atoms with E-state index >= 15 is 0 Å². The van der Waals surface area contributed by atoms with E-state index in [2.05, 4.69) is 10.3 Å². The number of hydrogen-bond donors (Lipinski definition) is 1. The van der Waals surface area contributed by atoms with Gasteiger partial charge in [0.2, 0.25) is 0 Å². The standard InChI is InChI=1S/C22H13ClN2O5/c23-12-8-9-17(24-10-12)25-18(26)11-30-22(29)16-7-3-6-15-19(16)21(28)14-5-2-1-4-13(14)20(15)27/h1-10H,11H2,(H,24,25,26). The van der Waals surface area contributed by atoms with Gasteiger partial charge in [0.15, 0.2) is 18.2 Å². The summed E-state index contributed by atoms with van der Waals surface area (Å²) in [4.78, 5) is 54.2. The van der Waals surface area contributed by atoms with Gasteiger partial charge in [0.05, 0.1) is 10.6 Å². The van der Waals surface area contributed by atoms with Gasteiger partial charge >= 0.3 is 5.97 Å². The van der Waals surface area contributed by atoms with E-state index in [1.807, 2.05) is 0 Å². The zero-order valence-corrected chi connectivity index (χ0v) is 16.1. The average Bonchev–Trinajstić information content (AvgIpc) is 2.77. The van der Waals surface area contributed by atoms with Gasteiger partial charge in [-0.1, -0.05) is 48.0 Å². The van der Waals surface area contributed by atoms with Crippen molar-refractivity contribution >= 4 is 40.9 Å². The minimum atomic E-state index is -0.883. The van der Waals surface area contributed by atoms with Crippen LogP contribution in [-0.2, 0) is 9.53 Å². The first kappa shape index (κ1) is 19.5. The highest BCUT2D eigenvalue weighted by Gasteiger charge is 2.33. The van der Waals surface area contributed by atoms with Crippen LogP contribution in [0.3, 0.4) is 0 Å². The summed E-state index contributed by atoms with van der Waals surface area (Å²) >= 11 is 5.73. The molecule has 8 heteroatoms.